The first kappa shape index (κ1) is 10.1. The van der Waals surface area contributed by atoms with Gasteiger partial charge in [0.15, 0.2) is 0 Å². The third-order valence-corrected chi connectivity index (χ3v) is 3.08. The molecule has 0 spiro atoms. The summed E-state index contributed by atoms with van der Waals surface area (Å²) in [7, 11) is 0. The van der Waals surface area contributed by atoms with E-state index in [2.05, 4.69) is 6.92 Å². The molecule has 1 saturated carbocycles. The van der Waals surface area contributed by atoms with Crippen LogP contribution >= 0.6 is 0 Å². The molecule has 80 valence electrons. The quantitative estimate of drug-likeness (QED) is 0.595. The first-order valence-corrected chi connectivity index (χ1v) is 5.05. The Morgan fingerprint density at radius 3 is 2.33 bits per heavy atom. The van der Waals surface area contributed by atoms with Crippen molar-refractivity contribution in [3.8, 4) is 0 Å². The summed E-state index contributed by atoms with van der Waals surface area (Å²) in [5.41, 5.74) is 7.04. The predicted octanol–water partition coefficient (Wildman–Crippen LogP) is 2.18. The molecule has 0 saturated heterocycles. The fourth-order valence-corrected chi connectivity index (χ4v) is 2.33. The molecule has 4 nitrogen and oxygen atoms in total. The third kappa shape index (κ3) is 1.72. The van der Waals surface area contributed by atoms with E-state index in [9.17, 15) is 10.1 Å². The van der Waals surface area contributed by atoms with Gasteiger partial charge in [0.05, 0.1) is 4.92 Å². The Morgan fingerprint density at radius 1 is 1.40 bits per heavy atom. The van der Waals surface area contributed by atoms with Crippen molar-refractivity contribution in [3.63, 3.8) is 0 Å². The maximum atomic E-state index is 10.5. The van der Waals surface area contributed by atoms with Crippen LogP contribution in [-0.2, 0) is 5.54 Å². The molecule has 1 aromatic rings. The van der Waals surface area contributed by atoms with Gasteiger partial charge in [0.2, 0.25) is 0 Å². The van der Waals surface area contributed by atoms with E-state index in [1.807, 2.05) is 0 Å². The van der Waals surface area contributed by atoms with Crippen molar-refractivity contribution in [3.05, 3.63) is 39.9 Å². The molecule has 2 N–H and O–H groups in total. The Bertz CT molecular complexity index is 380. The van der Waals surface area contributed by atoms with Gasteiger partial charge in [-0.1, -0.05) is 19.1 Å². The molecule has 1 aliphatic carbocycles. The van der Waals surface area contributed by atoms with Gasteiger partial charge in [-0.15, -0.1) is 0 Å². The Morgan fingerprint density at radius 2 is 1.93 bits per heavy atom. The topological polar surface area (TPSA) is 69.2 Å². The highest BCUT2D eigenvalue weighted by Crippen LogP contribution is 2.43. The normalized spacial score (nSPS) is 29.6. The molecule has 0 atom stereocenters. The van der Waals surface area contributed by atoms with Crippen molar-refractivity contribution < 1.29 is 4.92 Å². The standard InChI is InChI=1S/C11H14N2O2/c1-8-6-11(12,7-8)9-2-4-10(5-3-9)13(14)15/h2-5,8H,6-7,12H2,1H3. The lowest BCUT2D eigenvalue weighted by atomic mass is 9.66. The van der Waals surface area contributed by atoms with Crippen LogP contribution in [-0.4, -0.2) is 4.92 Å². The van der Waals surface area contributed by atoms with Crippen LogP contribution in [0.15, 0.2) is 24.3 Å². The minimum Gasteiger partial charge on any atom is -0.321 e. The number of hydrogen-bond acceptors (Lipinski definition) is 3. The highest BCUT2D eigenvalue weighted by atomic mass is 16.6. The van der Waals surface area contributed by atoms with Crippen LogP contribution in [0.25, 0.3) is 0 Å². The van der Waals surface area contributed by atoms with Gasteiger partial charge >= 0.3 is 0 Å². The average molecular weight is 206 g/mol. The van der Waals surface area contributed by atoms with Gasteiger partial charge in [0.25, 0.3) is 5.69 Å². The second kappa shape index (κ2) is 3.31. The monoisotopic (exact) mass is 206 g/mol. The number of nitrogens with zero attached hydrogens (tertiary/aromatic N) is 1. The molecule has 0 heterocycles. The molecular weight excluding hydrogens is 192 g/mol. The number of nitro benzene ring substituents is 1. The van der Waals surface area contributed by atoms with Crippen LogP contribution < -0.4 is 5.73 Å². The molecule has 1 aromatic carbocycles. The van der Waals surface area contributed by atoms with Crippen molar-refractivity contribution in [1.82, 2.24) is 0 Å². The third-order valence-electron chi connectivity index (χ3n) is 3.08. The van der Waals surface area contributed by atoms with Crippen LogP contribution in [0.1, 0.15) is 25.3 Å². The van der Waals surface area contributed by atoms with Gasteiger partial charge in [0.1, 0.15) is 0 Å². The largest absolute Gasteiger partial charge is 0.321 e. The fraction of sp³-hybridized carbons (Fsp3) is 0.455. The fourth-order valence-electron chi connectivity index (χ4n) is 2.33. The van der Waals surface area contributed by atoms with Crippen LogP contribution in [0.5, 0.6) is 0 Å². The summed E-state index contributed by atoms with van der Waals surface area (Å²) < 4.78 is 0. The molecule has 0 bridgehead atoms. The maximum Gasteiger partial charge on any atom is 0.269 e. The Balaban J connectivity index is 2.21. The second-order valence-electron chi connectivity index (χ2n) is 4.47. The molecule has 1 aliphatic rings. The van der Waals surface area contributed by atoms with Crippen molar-refractivity contribution >= 4 is 5.69 Å². The minimum atomic E-state index is -0.392. The number of nitrogens with two attached hydrogens (primary N) is 1. The van der Waals surface area contributed by atoms with Crippen molar-refractivity contribution in [2.75, 3.05) is 0 Å². The molecule has 1 fully saturated rings. The van der Waals surface area contributed by atoms with E-state index in [1.165, 1.54) is 12.1 Å². The summed E-state index contributed by atoms with van der Waals surface area (Å²) in [4.78, 5) is 10.1. The molecule has 0 aliphatic heterocycles. The van der Waals surface area contributed by atoms with Gasteiger partial charge in [-0.25, -0.2) is 0 Å². The van der Waals surface area contributed by atoms with Crippen LogP contribution in [0.4, 0.5) is 5.69 Å². The van der Waals surface area contributed by atoms with E-state index in [0.29, 0.717) is 5.92 Å². The van der Waals surface area contributed by atoms with Crippen molar-refractivity contribution in [2.24, 2.45) is 11.7 Å². The summed E-state index contributed by atoms with van der Waals surface area (Å²) >= 11 is 0. The minimum absolute atomic E-state index is 0.120. The molecular formula is C11H14N2O2. The zero-order valence-electron chi connectivity index (χ0n) is 8.64. The zero-order chi connectivity index (χ0) is 11.1. The number of rotatable bonds is 2. The molecule has 15 heavy (non-hydrogen) atoms. The molecule has 4 heteroatoms. The van der Waals surface area contributed by atoms with E-state index >= 15 is 0 Å². The number of benzene rings is 1. The molecule has 2 rings (SSSR count). The summed E-state index contributed by atoms with van der Waals surface area (Å²) in [5, 5.41) is 10.5. The lowest BCUT2D eigenvalue weighted by molar-refractivity contribution is -0.384. The van der Waals surface area contributed by atoms with Crippen LogP contribution in [0, 0.1) is 16.0 Å². The number of hydrogen-bond donors (Lipinski definition) is 1. The van der Waals surface area contributed by atoms with Gasteiger partial charge in [-0.3, -0.25) is 10.1 Å². The Kier molecular flexibility index (Phi) is 2.23. The first-order chi connectivity index (χ1) is 7.01. The number of non-ortho nitro benzene ring substituents is 1. The highest BCUT2D eigenvalue weighted by Gasteiger charge is 2.39. The van der Waals surface area contributed by atoms with Gasteiger partial charge in [-0.05, 0) is 24.3 Å². The first-order valence-electron chi connectivity index (χ1n) is 5.05. The van der Waals surface area contributed by atoms with Crippen molar-refractivity contribution in [2.45, 2.75) is 25.3 Å². The second-order valence-corrected chi connectivity index (χ2v) is 4.47. The number of nitro groups is 1. The Hall–Kier alpha value is -1.42. The summed E-state index contributed by atoms with van der Waals surface area (Å²) in [6.45, 7) is 2.16. The zero-order valence-corrected chi connectivity index (χ0v) is 8.64. The van der Waals surface area contributed by atoms with Crippen LogP contribution in [0.2, 0.25) is 0 Å². The molecule has 0 radical (unpaired) electrons. The average Bonchev–Trinajstić information content (AvgIpc) is 2.16. The van der Waals surface area contributed by atoms with E-state index < -0.39 is 4.92 Å². The predicted molar refractivity (Wildman–Crippen MR) is 57.4 cm³/mol. The summed E-state index contributed by atoms with van der Waals surface area (Å²) in [6.07, 6.45) is 1.93. The van der Waals surface area contributed by atoms with E-state index in [1.54, 1.807) is 12.1 Å². The van der Waals surface area contributed by atoms with Crippen LogP contribution in [0.3, 0.4) is 0 Å². The SMILES string of the molecule is CC1CC(N)(c2ccc([N+](=O)[O-])cc2)C1. The lowest BCUT2D eigenvalue weighted by Gasteiger charge is -2.43. The molecule has 0 unspecified atom stereocenters. The van der Waals surface area contributed by atoms with Crippen molar-refractivity contribution in [1.29, 1.82) is 0 Å². The van der Waals surface area contributed by atoms with E-state index in [0.717, 1.165) is 18.4 Å². The lowest BCUT2D eigenvalue weighted by Crippen LogP contribution is -2.47. The highest BCUT2D eigenvalue weighted by molar-refractivity contribution is 5.37. The van der Waals surface area contributed by atoms with E-state index in [4.69, 9.17) is 5.73 Å². The summed E-state index contributed by atoms with van der Waals surface area (Å²) in [6, 6.07) is 6.58. The van der Waals surface area contributed by atoms with E-state index in [-0.39, 0.29) is 11.2 Å². The van der Waals surface area contributed by atoms with Gasteiger partial charge in [0, 0.05) is 17.7 Å². The maximum absolute atomic E-state index is 10.5. The Labute approximate surface area is 88.2 Å². The molecule has 0 amide bonds. The molecule has 0 aromatic heterocycles. The van der Waals surface area contributed by atoms with Gasteiger partial charge in [-0.2, -0.15) is 0 Å². The van der Waals surface area contributed by atoms with Gasteiger partial charge < -0.3 is 5.73 Å². The smallest absolute Gasteiger partial charge is 0.269 e. The summed E-state index contributed by atoms with van der Waals surface area (Å²) in [5.74, 6) is 0.658.